The lowest BCUT2D eigenvalue weighted by Crippen LogP contribution is -2.60. The molecule has 4 rings (SSSR count). The van der Waals surface area contributed by atoms with E-state index in [1.165, 1.54) is 12.4 Å². The third-order valence-electron chi connectivity index (χ3n) is 7.47. The summed E-state index contributed by atoms with van der Waals surface area (Å²) in [6.45, 7) is 5.74. The van der Waals surface area contributed by atoms with Crippen molar-refractivity contribution in [3.8, 4) is 11.1 Å². The highest BCUT2D eigenvalue weighted by atomic mass is 35.5. The fourth-order valence-electron chi connectivity index (χ4n) is 5.23. The van der Waals surface area contributed by atoms with E-state index in [0.717, 1.165) is 0 Å². The second-order valence-corrected chi connectivity index (χ2v) is 11.7. The largest absolute Gasteiger partial charge is 0.484 e. The Morgan fingerprint density at radius 3 is 1.70 bits per heavy atom. The van der Waals surface area contributed by atoms with Crippen LogP contribution in [-0.2, 0) is 9.47 Å². The number of aliphatic hydroxyl groups is 2. The maximum atomic E-state index is 9.99. The first kappa shape index (κ1) is 32.8. The van der Waals surface area contributed by atoms with Crippen molar-refractivity contribution in [2.75, 3.05) is 53.5 Å². The molecule has 43 heavy (non-hydrogen) atoms. The first-order chi connectivity index (χ1) is 20.6. The van der Waals surface area contributed by atoms with Crippen molar-refractivity contribution in [1.82, 2.24) is 9.80 Å². The minimum atomic E-state index is -0.641. The lowest BCUT2D eigenvalue weighted by Gasteiger charge is -2.44. The molecule has 2 aliphatic heterocycles. The van der Waals surface area contributed by atoms with Crippen molar-refractivity contribution in [2.45, 2.75) is 31.5 Å². The van der Waals surface area contributed by atoms with Gasteiger partial charge in [0, 0.05) is 86.8 Å². The molecule has 2 saturated heterocycles. The smallest absolute Gasteiger partial charge is 0.189 e. The Morgan fingerprint density at radius 1 is 0.884 bits per heavy atom. The highest BCUT2D eigenvalue weighted by Gasteiger charge is 2.36. The zero-order valence-electron chi connectivity index (χ0n) is 24.8. The predicted molar refractivity (Wildman–Crippen MR) is 174 cm³/mol. The summed E-state index contributed by atoms with van der Waals surface area (Å²) < 4.78 is 11.0. The van der Waals surface area contributed by atoms with Gasteiger partial charge in [-0.25, -0.2) is 9.98 Å². The van der Waals surface area contributed by atoms with Crippen molar-refractivity contribution in [1.29, 1.82) is 0 Å². The van der Waals surface area contributed by atoms with Gasteiger partial charge in [0.2, 0.25) is 0 Å². The molecule has 2 aliphatic rings. The van der Waals surface area contributed by atoms with Gasteiger partial charge >= 0.3 is 0 Å². The van der Waals surface area contributed by atoms with E-state index in [9.17, 15) is 10.2 Å². The van der Waals surface area contributed by atoms with Crippen LogP contribution < -0.4 is 11.5 Å². The van der Waals surface area contributed by atoms with E-state index in [0.29, 0.717) is 108 Å². The number of aliphatic imine (C=N–C) groups is 2. The Balaban J connectivity index is 1.57. The Labute approximate surface area is 262 Å². The Hall–Kier alpha value is -3.12. The summed E-state index contributed by atoms with van der Waals surface area (Å²) in [7, 11) is 3.13. The standard InChI is InChI=1S/C31H40Cl2N6O4/c1-31(41)18-39(19-31)13-11-28(43-3)37-26(15-35)24-9-5-7-22(30(24)33)21-6-4-8-23(29(21)32)25(14-34)36-27(42-2)10-12-38-16-20(40)17-38/h4-9,14-15,20,40-41H,10-13,16-19,34-35H2,1-3H3/b25-14-,26-15-,36-27+,37-28+. The normalized spacial score (nSPS) is 18.8. The minimum Gasteiger partial charge on any atom is -0.484 e. The minimum absolute atomic E-state index is 0.269. The van der Waals surface area contributed by atoms with Crippen LogP contribution in [0.25, 0.3) is 22.5 Å². The number of nitrogens with zero attached hydrogens (tertiary/aromatic N) is 4. The molecule has 0 aliphatic carbocycles. The van der Waals surface area contributed by atoms with E-state index in [2.05, 4.69) is 19.8 Å². The lowest BCUT2D eigenvalue weighted by molar-refractivity contribution is -0.0820. The fraction of sp³-hybridized carbons (Fsp3) is 0.419. The quantitative estimate of drug-likeness (QED) is 0.217. The summed E-state index contributed by atoms with van der Waals surface area (Å²) in [5, 5.41) is 20.4. The van der Waals surface area contributed by atoms with Crippen molar-refractivity contribution in [3.05, 3.63) is 70.0 Å². The average Bonchev–Trinajstić information content (AvgIpc) is 2.96. The number of aliphatic hydroxyl groups excluding tert-OH is 1. The van der Waals surface area contributed by atoms with Crippen LogP contribution in [0.4, 0.5) is 0 Å². The zero-order valence-corrected chi connectivity index (χ0v) is 26.3. The van der Waals surface area contributed by atoms with E-state index in [-0.39, 0.29) is 6.10 Å². The molecule has 0 aromatic heterocycles. The van der Waals surface area contributed by atoms with Crippen LogP contribution in [0.5, 0.6) is 0 Å². The number of hydrogen-bond donors (Lipinski definition) is 4. The van der Waals surface area contributed by atoms with Crippen molar-refractivity contribution in [3.63, 3.8) is 0 Å². The van der Waals surface area contributed by atoms with E-state index in [1.807, 2.05) is 43.3 Å². The molecule has 2 fully saturated rings. The molecule has 0 radical (unpaired) electrons. The number of likely N-dealkylation sites (tertiary alicyclic amines) is 2. The van der Waals surface area contributed by atoms with E-state index >= 15 is 0 Å². The van der Waals surface area contributed by atoms with Gasteiger partial charge in [-0.15, -0.1) is 0 Å². The fourth-order valence-corrected chi connectivity index (χ4v) is 5.88. The number of methoxy groups -OCH3 is 2. The Morgan fingerprint density at radius 2 is 1.33 bits per heavy atom. The van der Waals surface area contributed by atoms with Crippen LogP contribution in [0.2, 0.25) is 10.0 Å². The molecular formula is C31H40Cl2N6O4. The lowest BCUT2D eigenvalue weighted by atomic mass is 9.97. The SMILES string of the molecule is CO/C(CCN1CC(O)C1)=N/C(=C\N)c1cccc(-c2cccc(C(=C/N)/N=C(\CCN3CC(C)(O)C3)OC)c2Cl)c1Cl. The number of ether oxygens (including phenoxy) is 2. The van der Waals surface area contributed by atoms with Crippen molar-refractivity contribution in [2.24, 2.45) is 21.5 Å². The summed E-state index contributed by atoms with van der Waals surface area (Å²) in [6.07, 6.45) is 3.63. The Bertz CT molecular complexity index is 1410. The third-order valence-corrected chi connectivity index (χ3v) is 8.28. The zero-order chi connectivity index (χ0) is 31.1. The maximum absolute atomic E-state index is 9.99. The second-order valence-electron chi connectivity index (χ2n) is 11.0. The summed E-state index contributed by atoms with van der Waals surface area (Å²) in [5.41, 5.74) is 14.9. The number of hydrogen-bond acceptors (Lipinski definition) is 10. The van der Waals surface area contributed by atoms with Gasteiger partial charge < -0.3 is 31.2 Å². The van der Waals surface area contributed by atoms with Crippen LogP contribution in [0, 0.1) is 0 Å². The van der Waals surface area contributed by atoms with Gasteiger partial charge in [0.15, 0.2) is 11.8 Å². The van der Waals surface area contributed by atoms with E-state index in [1.54, 1.807) is 14.2 Å². The molecule has 232 valence electrons. The summed E-state index contributed by atoms with van der Waals surface area (Å²) >= 11 is 13.9. The molecule has 0 unspecified atom stereocenters. The van der Waals surface area contributed by atoms with Crippen molar-refractivity contribution < 1.29 is 19.7 Å². The number of nitrogens with two attached hydrogens (primary N) is 2. The van der Waals surface area contributed by atoms with Crippen LogP contribution in [0.3, 0.4) is 0 Å². The predicted octanol–water partition coefficient (Wildman–Crippen LogP) is 3.79. The second kappa shape index (κ2) is 14.6. The molecule has 2 heterocycles. The molecule has 2 aromatic rings. The van der Waals surface area contributed by atoms with Gasteiger partial charge in [0.1, 0.15) is 0 Å². The highest BCUT2D eigenvalue weighted by molar-refractivity contribution is 6.38. The van der Waals surface area contributed by atoms with Gasteiger partial charge in [-0.1, -0.05) is 59.6 Å². The van der Waals surface area contributed by atoms with Gasteiger partial charge in [0.25, 0.3) is 0 Å². The molecule has 0 bridgehead atoms. The van der Waals surface area contributed by atoms with Gasteiger partial charge in [-0.05, 0) is 6.92 Å². The van der Waals surface area contributed by atoms with Gasteiger partial charge in [-0.3, -0.25) is 9.80 Å². The molecule has 0 amide bonds. The summed E-state index contributed by atoms with van der Waals surface area (Å²) in [6, 6.07) is 11.1. The maximum Gasteiger partial charge on any atom is 0.189 e. The molecule has 10 nitrogen and oxygen atoms in total. The monoisotopic (exact) mass is 630 g/mol. The summed E-state index contributed by atoms with van der Waals surface area (Å²) in [4.78, 5) is 13.6. The number of β-amino-alcohol motifs (C(OH)–C–C–N with tert-alkyl or cyclic N) is 2. The number of rotatable bonds is 11. The van der Waals surface area contributed by atoms with Crippen LogP contribution in [0.15, 0.2) is 58.8 Å². The van der Waals surface area contributed by atoms with Crippen LogP contribution >= 0.6 is 23.2 Å². The first-order valence-corrected chi connectivity index (χ1v) is 14.8. The van der Waals surface area contributed by atoms with E-state index in [4.69, 9.17) is 44.1 Å². The topological polar surface area (TPSA) is 142 Å². The van der Waals surface area contributed by atoms with Crippen LogP contribution in [0.1, 0.15) is 30.9 Å². The average molecular weight is 632 g/mol. The molecular weight excluding hydrogens is 591 g/mol. The van der Waals surface area contributed by atoms with Crippen LogP contribution in [-0.4, -0.2) is 97.0 Å². The molecule has 0 atom stereocenters. The number of halogens is 2. The molecule has 0 spiro atoms. The summed E-state index contributed by atoms with van der Waals surface area (Å²) in [5.74, 6) is 1.00. The van der Waals surface area contributed by atoms with Gasteiger partial charge in [0.05, 0.1) is 47.4 Å². The third kappa shape index (κ3) is 8.08. The van der Waals surface area contributed by atoms with E-state index < -0.39 is 5.60 Å². The molecule has 12 heteroatoms. The number of benzene rings is 2. The molecule has 6 N–H and O–H groups in total. The molecule has 2 aromatic carbocycles. The highest BCUT2D eigenvalue weighted by Crippen LogP contribution is 2.40. The Kier molecular flexibility index (Phi) is 11.1. The first-order valence-electron chi connectivity index (χ1n) is 14.1. The van der Waals surface area contributed by atoms with Crippen molar-refractivity contribution >= 4 is 46.4 Å². The van der Waals surface area contributed by atoms with Gasteiger partial charge in [-0.2, -0.15) is 0 Å². The molecule has 0 saturated carbocycles.